The Balaban J connectivity index is 2.35. The van der Waals surface area contributed by atoms with Crippen molar-refractivity contribution in [1.82, 2.24) is 9.78 Å². The molecule has 78 valence electrons. The molecule has 3 heteroatoms. The molecule has 0 aliphatic carbocycles. The van der Waals surface area contributed by atoms with Crippen LogP contribution in [-0.4, -0.2) is 9.78 Å². The minimum absolute atomic E-state index is 0.379. The summed E-state index contributed by atoms with van der Waals surface area (Å²) in [5.74, 6) is 0. The smallest absolute Gasteiger partial charge is 0.0670 e. The lowest BCUT2D eigenvalue weighted by Gasteiger charge is -2.03. The van der Waals surface area contributed by atoms with Crippen LogP contribution in [0, 0.1) is 11.3 Å². The average Bonchev–Trinajstić information content (AvgIpc) is 2.83. The molecule has 0 radical (unpaired) electrons. The molecule has 0 N–H and O–H groups in total. The van der Waals surface area contributed by atoms with Crippen molar-refractivity contribution in [3.05, 3.63) is 54.4 Å². The zero-order chi connectivity index (χ0) is 11.2. The van der Waals surface area contributed by atoms with E-state index in [4.69, 9.17) is 5.26 Å². The molecule has 3 nitrogen and oxygen atoms in total. The summed E-state index contributed by atoms with van der Waals surface area (Å²) in [4.78, 5) is 0. The summed E-state index contributed by atoms with van der Waals surface area (Å²) in [6.45, 7) is 0. The van der Waals surface area contributed by atoms with Crippen molar-refractivity contribution < 1.29 is 0 Å². The molecule has 0 saturated carbocycles. The van der Waals surface area contributed by atoms with Crippen molar-refractivity contribution in [1.29, 1.82) is 5.26 Å². The largest absolute Gasteiger partial charge is 0.248 e. The lowest BCUT2D eigenvalue weighted by Crippen LogP contribution is -1.90. The molecule has 0 saturated heterocycles. The number of nitrogens with zero attached hydrogens (tertiary/aromatic N) is 3. The highest BCUT2D eigenvalue weighted by Crippen LogP contribution is 2.18. The summed E-state index contributed by atoms with van der Waals surface area (Å²) in [5, 5.41) is 12.9. The van der Waals surface area contributed by atoms with Crippen LogP contribution in [0.3, 0.4) is 0 Å². The first-order valence-corrected chi connectivity index (χ1v) is 5.02. The van der Waals surface area contributed by atoms with Crippen LogP contribution >= 0.6 is 0 Å². The van der Waals surface area contributed by atoms with Crippen LogP contribution in [0.25, 0.3) is 11.8 Å². The highest BCUT2D eigenvalue weighted by atomic mass is 15.2. The van der Waals surface area contributed by atoms with Crippen LogP contribution in [0.2, 0.25) is 0 Å². The van der Waals surface area contributed by atoms with Gasteiger partial charge in [0.2, 0.25) is 0 Å². The van der Waals surface area contributed by atoms with E-state index in [1.807, 2.05) is 48.8 Å². The van der Waals surface area contributed by atoms with Gasteiger partial charge < -0.3 is 0 Å². The van der Waals surface area contributed by atoms with Gasteiger partial charge in [-0.25, -0.2) is 4.68 Å². The summed E-state index contributed by atoms with van der Waals surface area (Å²) < 4.78 is 1.71. The molecule has 0 fully saturated rings. The van der Waals surface area contributed by atoms with E-state index in [9.17, 15) is 0 Å². The number of hydrogen-bond donors (Lipinski definition) is 0. The minimum Gasteiger partial charge on any atom is -0.248 e. The van der Waals surface area contributed by atoms with Gasteiger partial charge in [-0.1, -0.05) is 30.3 Å². The first kappa shape index (κ1) is 10.2. The Morgan fingerprint density at radius 3 is 2.75 bits per heavy atom. The van der Waals surface area contributed by atoms with Gasteiger partial charge in [0.05, 0.1) is 12.5 Å². The molecule has 0 bridgehead atoms. The highest BCUT2D eigenvalue weighted by Gasteiger charge is 2.00. The van der Waals surface area contributed by atoms with E-state index in [0.29, 0.717) is 6.42 Å². The van der Waals surface area contributed by atoms with Gasteiger partial charge in [0.15, 0.2) is 0 Å². The Labute approximate surface area is 94.3 Å². The van der Waals surface area contributed by atoms with Crippen molar-refractivity contribution in [2.75, 3.05) is 0 Å². The van der Waals surface area contributed by atoms with E-state index in [1.165, 1.54) is 0 Å². The standard InChI is InChI=1S/C13H11N3/c14-8-7-13(11-16-10-4-9-15-16)12-5-2-1-3-6-12/h1-6,9-11H,7H2/b13-11-. The second-order valence-corrected chi connectivity index (χ2v) is 3.34. The van der Waals surface area contributed by atoms with Gasteiger partial charge >= 0.3 is 0 Å². The maximum absolute atomic E-state index is 8.81. The fourth-order valence-corrected chi connectivity index (χ4v) is 1.48. The molecule has 0 atom stereocenters. The second-order valence-electron chi connectivity index (χ2n) is 3.34. The number of hydrogen-bond acceptors (Lipinski definition) is 2. The van der Waals surface area contributed by atoms with Gasteiger partial charge in [-0.05, 0) is 17.2 Å². The summed E-state index contributed by atoms with van der Waals surface area (Å²) in [6.07, 6.45) is 5.81. The van der Waals surface area contributed by atoms with Crippen LogP contribution in [0.15, 0.2) is 48.8 Å². The molecule has 0 spiro atoms. The predicted molar refractivity (Wildman–Crippen MR) is 63.1 cm³/mol. The van der Waals surface area contributed by atoms with E-state index < -0.39 is 0 Å². The second kappa shape index (κ2) is 4.94. The van der Waals surface area contributed by atoms with Crippen LogP contribution in [-0.2, 0) is 0 Å². The fraction of sp³-hybridized carbons (Fsp3) is 0.0769. The molecule has 1 aromatic heterocycles. The first-order valence-electron chi connectivity index (χ1n) is 5.02. The fourth-order valence-electron chi connectivity index (χ4n) is 1.48. The minimum atomic E-state index is 0.379. The number of aromatic nitrogens is 2. The Morgan fingerprint density at radius 1 is 1.31 bits per heavy atom. The zero-order valence-corrected chi connectivity index (χ0v) is 8.74. The third-order valence-electron chi connectivity index (χ3n) is 2.23. The zero-order valence-electron chi connectivity index (χ0n) is 8.74. The highest BCUT2D eigenvalue weighted by molar-refractivity contribution is 5.76. The molecular formula is C13H11N3. The molecule has 2 rings (SSSR count). The van der Waals surface area contributed by atoms with Gasteiger partial charge in [0.25, 0.3) is 0 Å². The Bertz CT molecular complexity index is 504. The third-order valence-corrected chi connectivity index (χ3v) is 2.23. The normalized spacial score (nSPS) is 11.1. The molecule has 0 aliphatic heterocycles. The molecule has 2 aromatic rings. The Hall–Kier alpha value is -2.34. The van der Waals surface area contributed by atoms with E-state index in [1.54, 1.807) is 10.9 Å². The quantitative estimate of drug-likeness (QED) is 0.780. The summed E-state index contributed by atoms with van der Waals surface area (Å²) in [6, 6.07) is 13.9. The van der Waals surface area contributed by atoms with E-state index in [0.717, 1.165) is 11.1 Å². The average molecular weight is 209 g/mol. The van der Waals surface area contributed by atoms with Crippen LogP contribution in [0.5, 0.6) is 0 Å². The van der Waals surface area contributed by atoms with Crippen LogP contribution < -0.4 is 0 Å². The van der Waals surface area contributed by atoms with Crippen LogP contribution in [0.4, 0.5) is 0 Å². The summed E-state index contributed by atoms with van der Waals surface area (Å²) >= 11 is 0. The maximum atomic E-state index is 8.81. The molecular weight excluding hydrogens is 198 g/mol. The van der Waals surface area contributed by atoms with Gasteiger partial charge in [-0.15, -0.1) is 0 Å². The van der Waals surface area contributed by atoms with Crippen molar-refractivity contribution in [2.24, 2.45) is 0 Å². The van der Waals surface area contributed by atoms with E-state index in [2.05, 4.69) is 11.2 Å². The third kappa shape index (κ3) is 2.37. The molecule has 1 aromatic carbocycles. The van der Waals surface area contributed by atoms with Gasteiger partial charge in [-0.2, -0.15) is 10.4 Å². The molecule has 1 heterocycles. The van der Waals surface area contributed by atoms with Crippen LogP contribution in [0.1, 0.15) is 12.0 Å². The number of allylic oxidation sites excluding steroid dienone is 1. The summed E-state index contributed by atoms with van der Waals surface area (Å²) in [5.41, 5.74) is 2.02. The van der Waals surface area contributed by atoms with E-state index >= 15 is 0 Å². The summed E-state index contributed by atoms with van der Waals surface area (Å²) in [7, 11) is 0. The number of benzene rings is 1. The van der Waals surface area contributed by atoms with Crippen molar-refractivity contribution in [3.63, 3.8) is 0 Å². The van der Waals surface area contributed by atoms with Gasteiger partial charge in [0.1, 0.15) is 0 Å². The number of rotatable bonds is 3. The molecule has 0 aliphatic rings. The van der Waals surface area contributed by atoms with Crippen molar-refractivity contribution >= 4 is 11.8 Å². The first-order chi connectivity index (χ1) is 7.90. The molecule has 0 unspecified atom stereocenters. The lowest BCUT2D eigenvalue weighted by atomic mass is 10.0. The monoisotopic (exact) mass is 209 g/mol. The molecule has 0 amide bonds. The Kier molecular flexibility index (Phi) is 3.15. The van der Waals surface area contributed by atoms with E-state index in [-0.39, 0.29) is 0 Å². The van der Waals surface area contributed by atoms with Crippen molar-refractivity contribution in [3.8, 4) is 6.07 Å². The predicted octanol–water partition coefficient (Wildman–Crippen LogP) is 2.79. The molecule has 16 heavy (non-hydrogen) atoms. The SMILES string of the molecule is N#CC/C(=C/n1cccn1)c1ccccc1. The lowest BCUT2D eigenvalue weighted by molar-refractivity contribution is 0.934. The number of nitriles is 1. The Morgan fingerprint density at radius 2 is 2.12 bits per heavy atom. The maximum Gasteiger partial charge on any atom is 0.0670 e. The van der Waals surface area contributed by atoms with Gasteiger partial charge in [0, 0.05) is 18.6 Å². The topological polar surface area (TPSA) is 41.6 Å². The van der Waals surface area contributed by atoms with Gasteiger partial charge in [-0.3, -0.25) is 0 Å². The van der Waals surface area contributed by atoms with Crippen molar-refractivity contribution in [2.45, 2.75) is 6.42 Å².